The van der Waals surface area contributed by atoms with Crippen molar-refractivity contribution in [2.45, 2.75) is 25.7 Å². The summed E-state index contributed by atoms with van der Waals surface area (Å²) in [6.45, 7) is 0. The van der Waals surface area contributed by atoms with Crippen molar-refractivity contribution in [3.63, 3.8) is 0 Å². The Labute approximate surface area is 117 Å². The minimum absolute atomic E-state index is 0.147. The highest BCUT2D eigenvalue weighted by atomic mass is 16.5. The normalized spacial score (nSPS) is 13.6. The summed E-state index contributed by atoms with van der Waals surface area (Å²) >= 11 is 0. The molecular formula is C15H16N4O. The number of rotatable bonds is 3. The fourth-order valence-corrected chi connectivity index (χ4v) is 2.47. The molecule has 1 aliphatic rings. The van der Waals surface area contributed by atoms with E-state index >= 15 is 0 Å². The summed E-state index contributed by atoms with van der Waals surface area (Å²) in [5.41, 5.74) is 8.48. The molecular weight excluding hydrogens is 252 g/mol. The van der Waals surface area contributed by atoms with E-state index in [2.05, 4.69) is 16.0 Å². The van der Waals surface area contributed by atoms with E-state index in [0.717, 1.165) is 12.8 Å². The van der Waals surface area contributed by atoms with Gasteiger partial charge in [-0.05, 0) is 48.9 Å². The van der Waals surface area contributed by atoms with E-state index < -0.39 is 0 Å². The third-order valence-electron chi connectivity index (χ3n) is 3.45. The summed E-state index contributed by atoms with van der Waals surface area (Å²) in [7, 11) is 0. The molecule has 0 aliphatic heterocycles. The number of hydrogen-bond donors (Lipinski definition) is 2. The van der Waals surface area contributed by atoms with E-state index in [0.29, 0.717) is 5.75 Å². The monoisotopic (exact) mass is 268 g/mol. The van der Waals surface area contributed by atoms with Crippen molar-refractivity contribution in [1.82, 2.24) is 9.97 Å². The van der Waals surface area contributed by atoms with Crippen LogP contribution in [0.15, 0.2) is 30.6 Å². The minimum atomic E-state index is -0.147. The number of fused-ring (bicyclic) bond motifs is 1. The first-order chi connectivity index (χ1) is 9.74. The van der Waals surface area contributed by atoms with Gasteiger partial charge in [0.05, 0.1) is 0 Å². The molecule has 3 N–H and O–H groups in total. The highest BCUT2D eigenvalue weighted by molar-refractivity contribution is 5.95. The lowest BCUT2D eigenvalue weighted by Gasteiger charge is -2.16. The molecule has 1 aromatic heterocycles. The lowest BCUT2D eigenvalue weighted by atomic mass is 9.92. The first-order valence-corrected chi connectivity index (χ1v) is 6.69. The Kier molecular flexibility index (Phi) is 3.33. The Morgan fingerprint density at radius 1 is 1.10 bits per heavy atom. The van der Waals surface area contributed by atoms with Crippen LogP contribution in [0.5, 0.6) is 11.6 Å². The van der Waals surface area contributed by atoms with Gasteiger partial charge in [0.1, 0.15) is 11.6 Å². The van der Waals surface area contributed by atoms with E-state index in [4.69, 9.17) is 15.9 Å². The van der Waals surface area contributed by atoms with Crippen LogP contribution in [-0.2, 0) is 12.8 Å². The molecule has 0 fully saturated rings. The number of nitrogen functional groups attached to an aromatic ring is 1. The Bertz CT molecular complexity index is 654. The van der Waals surface area contributed by atoms with E-state index in [1.807, 2.05) is 12.1 Å². The second kappa shape index (κ2) is 5.28. The number of hydrogen-bond acceptors (Lipinski definition) is 4. The van der Waals surface area contributed by atoms with Crippen molar-refractivity contribution in [1.29, 1.82) is 5.41 Å². The topological polar surface area (TPSA) is 84.9 Å². The fourth-order valence-electron chi connectivity index (χ4n) is 2.47. The van der Waals surface area contributed by atoms with Gasteiger partial charge in [-0.3, -0.25) is 5.41 Å². The molecule has 1 heterocycles. The molecule has 102 valence electrons. The maximum absolute atomic E-state index is 7.49. The number of nitrogens with one attached hydrogen (secondary N) is 1. The number of aryl methyl sites for hydroxylation is 2. The van der Waals surface area contributed by atoms with Gasteiger partial charge in [-0.1, -0.05) is 6.07 Å². The first-order valence-electron chi connectivity index (χ1n) is 6.69. The molecule has 0 bridgehead atoms. The highest BCUT2D eigenvalue weighted by Gasteiger charge is 2.13. The van der Waals surface area contributed by atoms with Gasteiger partial charge in [0.2, 0.25) is 5.88 Å². The van der Waals surface area contributed by atoms with E-state index in [-0.39, 0.29) is 17.4 Å². The smallest absolute Gasteiger partial charge is 0.249 e. The van der Waals surface area contributed by atoms with Gasteiger partial charge in [0, 0.05) is 12.4 Å². The molecule has 0 amide bonds. The number of nitrogens with zero attached hydrogens (tertiary/aromatic N) is 2. The number of nitrogens with two attached hydrogens (primary N) is 1. The minimum Gasteiger partial charge on any atom is -0.437 e. The summed E-state index contributed by atoms with van der Waals surface area (Å²) in [5, 5.41) is 7.49. The van der Waals surface area contributed by atoms with Crippen LogP contribution in [0.25, 0.3) is 0 Å². The lowest BCUT2D eigenvalue weighted by molar-refractivity contribution is 0.457. The molecule has 0 radical (unpaired) electrons. The molecule has 1 aromatic carbocycles. The van der Waals surface area contributed by atoms with Crippen molar-refractivity contribution < 1.29 is 4.74 Å². The maximum Gasteiger partial charge on any atom is 0.249 e. The zero-order valence-electron chi connectivity index (χ0n) is 11.1. The van der Waals surface area contributed by atoms with Crippen molar-refractivity contribution in [3.05, 3.63) is 47.4 Å². The molecule has 5 heteroatoms. The number of aromatic nitrogens is 2. The van der Waals surface area contributed by atoms with Crippen LogP contribution < -0.4 is 10.5 Å². The lowest BCUT2D eigenvalue weighted by Crippen LogP contribution is -2.15. The average molecular weight is 268 g/mol. The highest BCUT2D eigenvalue weighted by Crippen LogP contribution is 2.28. The van der Waals surface area contributed by atoms with E-state index in [9.17, 15) is 0 Å². The van der Waals surface area contributed by atoms with Crippen molar-refractivity contribution in [3.8, 4) is 11.6 Å². The SMILES string of the molecule is N=C(N)c1nccnc1Oc1ccc2c(c1)CCCC2. The first kappa shape index (κ1) is 12.6. The van der Waals surface area contributed by atoms with Crippen LogP contribution in [-0.4, -0.2) is 15.8 Å². The van der Waals surface area contributed by atoms with Crippen LogP contribution in [0, 0.1) is 5.41 Å². The Morgan fingerprint density at radius 2 is 1.85 bits per heavy atom. The second-order valence-electron chi connectivity index (χ2n) is 4.86. The van der Waals surface area contributed by atoms with Gasteiger partial charge in [-0.25, -0.2) is 9.97 Å². The van der Waals surface area contributed by atoms with Crippen LogP contribution in [0.2, 0.25) is 0 Å². The molecule has 0 atom stereocenters. The zero-order valence-corrected chi connectivity index (χ0v) is 11.1. The van der Waals surface area contributed by atoms with Crippen molar-refractivity contribution in [2.24, 2.45) is 5.73 Å². The molecule has 1 aliphatic carbocycles. The van der Waals surface area contributed by atoms with Crippen molar-refractivity contribution in [2.75, 3.05) is 0 Å². The predicted octanol–water partition coefficient (Wildman–Crippen LogP) is 2.43. The Hall–Kier alpha value is -2.43. The van der Waals surface area contributed by atoms with Gasteiger partial charge < -0.3 is 10.5 Å². The summed E-state index contributed by atoms with van der Waals surface area (Å²) < 4.78 is 5.74. The molecule has 0 saturated carbocycles. The molecule has 5 nitrogen and oxygen atoms in total. The number of ether oxygens (including phenoxy) is 1. The Morgan fingerprint density at radius 3 is 2.65 bits per heavy atom. The van der Waals surface area contributed by atoms with Crippen LogP contribution in [0.3, 0.4) is 0 Å². The summed E-state index contributed by atoms with van der Waals surface area (Å²) in [5.74, 6) is 0.843. The predicted molar refractivity (Wildman–Crippen MR) is 76.2 cm³/mol. The van der Waals surface area contributed by atoms with Gasteiger partial charge in [-0.15, -0.1) is 0 Å². The molecule has 3 rings (SSSR count). The van der Waals surface area contributed by atoms with Crippen LogP contribution >= 0.6 is 0 Å². The molecule has 0 spiro atoms. The Balaban J connectivity index is 1.90. The maximum atomic E-state index is 7.49. The zero-order chi connectivity index (χ0) is 13.9. The number of amidine groups is 1. The largest absolute Gasteiger partial charge is 0.437 e. The summed E-state index contributed by atoms with van der Waals surface area (Å²) in [6.07, 6.45) is 7.73. The molecule has 0 unspecified atom stereocenters. The average Bonchev–Trinajstić information content (AvgIpc) is 2.47. The molecule has 0 saturated heterocycles. The quantitative estimate of drug-likeness (QED) is 0.661. The third-order valence-corrected chi connectivity index (χ3v) is 3.45. The van der Waals surface area contributed by atoms with Gasteiger partial charge in [-0.2, -0.15) is 0 Å². The number of benzene rings is 1. The van der Waals surface area contributed by atoms with E-state index in [1.165, 1.54) is 36.4 Å². The van der Waals surface area contributed by atoms with E-state index in [1.54, 1.807) is 0 Å². The second-order valence-corrected chi connectivity index (χ2v) is 4.86. The van der Waals surface area contributed by atoms with Gasteiger partial charge in [0.15, 0.2) is 5.69 Å². The molecule has 2 aromatic rings. The van der Waals surface area contributed by atoms with Crippen LogP contribution in [0.1, 0.15) is 29.7 Å². The fraction of sp³-hybridized carbons (Fsp3) is 0.267. The van der Waals surface area contributed by atoms with Crippen LogP contribution in [0.4, 0.5) is 0 Å². The summed E-state index contributed by atoms with van der Waals surface area (Å²) in [6, 6.07) is 6.09. The summed E-state index contributed by atoms with van der Waals surface area (Å²) in [4.78, 5) is 8.13. The van der Waals surface area contributed by atoms with Gasteiger partial charge >= 0.3 is 0 Å². The molecule has 20 heavy (non-hydrogen) atoms. The standard InChI is InChI=1S/C15H16N4O/c16-14(17)13-15(19-8-7-18-13)20-12-6-5-10-3-1-2-4-11(10)9-12/h5-9H,1-4H2,(H3,16,17). The van der Waals surface area contributed by atoms with Gasteiger partial charge in [0.25, 0.3) is 0 Å². The van der Waals surface area contributed by atoms with Crippen molar-refractivity contribution >= 4 is 5.84 Å². The third kappa shape index (κ3) is 2.47.